The molecule has 0 spiro atoms. The van der Waals surface area contributed by atoms with Crippen molar-refractivity contribution in [3.05, 3.63) is 33.6 Å². The Labute approximate surface area is 77.9 Å². The number of carbonyl (C=O) groups excluding carboxylic acids is 1. The predicted molar refractivity (Wildman–Crippen MR) is 44.7 cm³/mol. The number of rotatable bonds is 2. The normalized spacial score (nSPS) is 9.86. The van der Waals surface area contributed by atoms with Crippen LogP contribution in [0.5, 0.6) is 5.75 Å². The zero-order chi connectivity index (χ0) is 10.9. The maximum atomic E-state index is 12.9. The van der Waals surface area contributed by atoms with Gasteiger partial charge in [-0.2, -0.15) is 4.39 Å². The quantitative estimate of drug-likeness (QED) is 0.446. The summed E-state index contributed by atoms with van der Waals surface area (Å²) in [5.74, 6) is -2.72. The molecule has 0 heterocycles. The van der Waals surface area contributed by atoms with Crippen LogP contribution in [0.15, 0.2) is 12.1 Å². The molecule has 0 saturated carbocycles. The first kappa shape index (κ1) is 10.1. The van der Waals surface area contributed by atoms with Gasteiger partial charge in [0, 0.05) is 11.6 Å². The summed E-state index contributed by atoms with van der Waals surface area (Å²) >= 11 is 0. The fourth-order valence-electron chi connectivity index (χ4n) is 0.930. The number of aromatic hydroxyl groups is 1. The number of nitrogens with zero attached hydrogens (tertiary/aromatic N) is 1. The number of nitro benzene ring substituents is 1. The lowest BCUT2D eigenvalue weighted by atomic mass is 10.1. The lowest BCUT2D eigenvalue weighted by molar-refractivity contribution is -0.387. The molecule has 0 aromatic heterocycles. The molecule has 0 saturated heterocycles. The summed E-state index contributed by atoms with van der Waals surface area (Å²) in [6.07, 6.45) is 0. The van der Waals surface area contributed by atoms with E-state index in [1.807, 2.05) is 0 Å². The third-order valence-electron chi connectivity index (χ3n) is 1.64. The Morgan fingerprint density at radius 3 is 2.57 bits per heavy atom. The number of hydrogen-bond donors (Lipinski definition) is 1. The van der Waals surface area contributed by atoms with E-state index in [0.717, 1.165) is 19.1 Å². The van der Waals surface area contributed by atoms with Crippen molar-refractivity contribution >= 4 is 11.5 Å². The summed E-state index contributed by atoms with van der Waals surface area (Å²) in [6.45, 7) is 1.16. The van der Waals surface area contributed by atoms with Crippen LogP contribution in [-0.4, -0.2) is 15.8 Å². The molecule has 1 N–H and O–H groups in total. The van der Waals surface area contributed by atoms with Crippen molar-refractivity contribution in [2.75, 3.05) is 0 Å². The molecular formula is C8H6FNO4. The monoisotopic (exact) mass is 199 g/mol. The van der Waals surface area contributed by atoms with E-state index in [2.05, 4.69) is 0 Å². The molecule has 1 aromatic rings. The molecule has 0 fully saturated rings. The van der Waals surface area contributed by atoms with Crippen molar-refractivity contribution in [3.8, 4) is 5.75 Å². The highest BCUT2D eigenvalue weighted by molar-refractivity contribution is 5.95. The summed E-state index contributed by atoms with van der Waals surface area (Å²) in [5.41, 5.74) is -1.01. The van der Waals surface area contributed by atoms with E-state index in [1.54, 1.807) is 0 Å². The van der Waals surface area contributed by atoms with Crippen molar-refractivity contribution in [3.63, 3.8) is 0 Å². The Balaban J connectivity index is 3.43. The smallest absolute Gasteiger partial charge is 0.309 e. The number of phenolic OH excluding ortho intramolecular Hbond substituents is 1. The van der Waals surface area contributed by atoms with Gasteiger partial charge in [-0.05, 0) is 13.0 Å². The van der Waals surface area contributed by atoms with Gasteiger partial charge in [0.25, 0.3) is 0 Å². The Kier molecular flexibility index (Phi) is 2.46. The molecule has 0 aliphatic heterocycles. The molecular weight excluding hydrogens is 193 g/mol. The minimum Gasteiger partial charge on any atom is -0.505 e. The van der Waals surface area contributed by atoms with E-state index in [4.69, 9.17) is 5.11 Å². The van der Waals surface area contributed by atoms with Crippen LogP contribution in [-0.2, 0) is 0 Å². The minimum atomic E-state index is -1.33. The summed E-state index contributed by atoms with van der Waals surface area (Å²) in [7, 11) is 0. The number of hydrogen-bond acceptors (Lipinski definition) is 4. The van der Waals surface area contributed by atoms with Gasteiger partial charge in [0.1, 0.15) is 0 Å². The van der Waals surface area contributed by atoms with Crippen LogP contribution in [0.1, 0.15) is 17.3 Å². The second-order valence-electron chi connectivity index (χ2n) is 2.64. The Morgan fingerprint density at radius 1 is 1.57 bits per heavy atom. The van der Waals surface area contributed by atoms with Crippen molar-refractivity contribution in [2.24, 2.45) is 0 Å². The van der Waals surface area contributed by atoms with Gasteiger partial charge in [0.05, 0.1) is 4.92 Å². The zero-order valence-corrected chi connectivity index (χ0v) is 7.15. The summed E-state index contributed by atoms with van der Waals surface area (Å²) < 4.78 is 12.9. The molecule has 6 heteroatoms. The Hall–Kier alpha value is -1.98. The highest BCUT2D eigenvalue weighted by Crippen LogP contribution is 2.27. The average Bonchev–Trinajstić information content (AvgIpc) is 2.08. The van der Waals surface area contributed by atoms with Crippen LogP contribution in [0.3, 0.4) is 0 Å². The summed E-state index contributed by atoms with van der Waals surface area (Å²) in [4.78, 5) is 20.1. The topological polar surface area (TPSA) is 80.4 Å². The van der Waals surface area contributed by atoms with Crippen LogP contribution in [0.4, 0.5) is 10.1 Å². The number of benzene rings is 1. The third kappa shape index (κ3) is 1.68. The van der Waals surface area contributed by atoms with Gasteiger partial charge in [-0.1, -0.05) is 0 Å². The van der Waals surface area contributed by atoms with E-state index >= 15 is 0 Å². The molecule has 0 atom stereocenters. The van der Waals surface area contributed by atoms with Gasteiger partial charge < -0.3 is 5.11 Å². The van der Waals surface area contributed by atoms with Crippen LogP contribution in [0, 0.1) is 15.9 Å². The van der Waals surface area contributed by atoms with Gasteiger partial charge in [0.15, 0.2) is 11.5 Å². The number of nitro groups is 1. The summed E-state index contributed by atoms with van der Waals surface area (Å²) in [5, 5.41) is 19.2. The number of carbonyl (C=O) groups is 1. The first-order valence-electron chi connectivity index (χ1n) is 3.61. The van der Waals surface area contributed by atoms with E-state index in [9.17, 15) is 19.3 Å². The SMILES string of the molecule is CC(=O)c1cc(O)c(F)c([N+](=O)[O-])c1. The third-order valence-corrected chi connectivity index (χ3v) is 1.64. The van der Waals surface area contributed by atoms with E-state index < -0.39 is 28.0 Å². The van der Waals surface area contributed by atoms with Crippen molar-refractivity contribution in [1.82, 2.24) is 0 Å². The number of ketones is 1. The lowest BCUT2D eigenvalue weighted by Crippen LogP contribution is -1.98. The molecule has 1 rings (SSSR count). The molecule has 0 radical (unpaired) electrons. The lowest BCUT2D eigenvalue weighted by Gasteiger charge is -1.99. The Morgan fingerprint density at radius 2 is 2.14 bits per heavy atom. The van der Waals surface area contributed by atoms with E-state index in [-0.39, 0.29) is 5.56 Å². The molecule has 74 valence electrons. The fourth-order valence-corrected chi connectivity index (χ4v) is 0.930. The molecule has 5 nitrogen and oxygen atoms in total. The highest BCUT2D eigenvalue weighted by atomic mass is 19.1. The molecule has 0 aliphatic carbocycles. The summed E-state index contributed by atoms with van der Waals surface area (Å²) in [6, 6.07) is 1.64. The standard InChI is InChI=1S/C8H6FNO4/c1-4(11)5-2-6(10(13)14)8(9)7(12)3-5/h2-3,12H,1H3. The van der Waals surface area contributed by atoms with Crippen molar-refractivity contribution < 1.29 is 19.2 Å². The van der Waals surface area contributed by atoms with Gasteiger partial charge in [-0.25, -0.2) is 0 Å². The number of phenols is 1. The fraction of sp³-hybridized carbons (Fsp3) is 0.125. The highest BCUT2D eigenvalue weighted by Gasteiger charge is 2.20. The first-order chi connectivity index (χ1) is 6.43. The molecule has 14 heavy (non-hydrogen) atoms. The number of halogens is 1. The molecule has 0 bridgehead atoms. The average molecular weight is 199 g/mol. The molecule has 1 aromatic carbocycles. The largest absolute Gasteiger partial charge is 0.505 e. The second-order valence-corrected chi connectivity index (χ2v) is 2.64. The van der Waals surface area contributed by atoms with Crippen LogP contribution in [0.2, 0.25) is 0 Å². The Bertz CT molecular complexity index is 416. The van der Waals surface area contributed by atoms with Crippen LogP contribution >= 0.6 is 0 Å². The maximum absolute atomic E-state index is 12.9. The van der Waals surface area contributed by atoms with Gasteiger partial charge in [0.2, 0.25) is 5.82 Å². The van der Waals surface area contributed by atoms with Gasteiger partial charge in [-0.15, -0.1) is 0 Å². The first-order valence-corrected chi connectivity index (χ1v) is 3.61. The minimum absolute atomic E-state index is 0.101. The van der Waals surface area contributed by atoms with Crippen molar-refractivity contribution in [2.45, 2.75) is 6.92 Å². The maximum Gasteiger partial charge on any atom is 0.309 e. The number of Topliss-reactive ketones (excluding diaryl/α,β-unsaturated/α-hetero) is 1. The van der Waals surface area contributed by atoms with E-state index in [1.165, 1.54) is 0 Å². The van der Waals surface area contributed by atoms with Crippen LogP contribution < -0.4 is 0 Å². The molecule has 0 aliphatic rings. The predicted octanol–water partition coefficient (Wildman–Crippen LogP) is 1.64. The van der Waals surface area contributed by atoms with Gasteiger partial charge in [-0.3, -0.25) is 14.9 Å². The molecule has 0 unspecified atom stereocenters. The van der Waals surface area contributed by atoms with Gasteiger partial charge >= 0.3 is 5.69 Å². The van der Waals surface area contributed by atoms with Crippen LogP contribution in [0.25, 0.3) is 0 Å². The zero-order valence-electron chi connectivity index (χ0n) is 7.15. The molecule has 0 amide bonds. The second kappa shape index (κ2) is 3.41. The van der Waals surface area contributed by atoms with E-state index in [0.29, 0.717) is 0 Å². The van der Waals surface area contributed by atoms with Crippen molar-refractivity contribution in [1.29, 1.82) is 0 Å².